The quantitative estimate of drug-likeness (QED) is 0.451. The summed E-state index contributed by atoms with van der Waals surface area (Å²) in [5.41, 5.74) is 5.87. The number of benzene rings is 1. The molecule has 0 spiro atoms. The summed E-state index contributed by atoms with van der Waals surface area (Å²) in [5, 5.41) is 0. The number of pyridine rings is 1. The van der Waals surface area contributed by atoms with Crippen molar-refractivity contribution in [2.24, 2.45) is 0 Å². The molecule has 0 radical (unpaired) electrons. The number of rotatable bonds is 6. The van der Waals surface area contributed by atoms with Crippen LogP contribution in [0, 0.1) is 20.8 Å². The third-order valence-electron chi connectivity index (χ3n) is 5.06. The Balaban J connectivity index is 2.42. The van der Waals surface area contributed by atoms with Gasteiger partial charge in [-0.15, -0.1) is 0 Å². The van der Waals surface area contributed by atoms with Gasteiger partial charge in [0.15, 0.2) is 6.29 Å². The molecule has 0 fully saturated rings. The molecule has 0 aliphatic carbocycles. The van der Waals surface area contributed by atoms with Gasteiger partial charge in [0.1, 0.15) is 5.75 Å². The van der Waals surface area contributed by atoms with Crippen molar-refractivity contribution in [3.63, 3.8) is 0 Å². The van der Waals surface area contributed by atoms with E-state index in [9.17, 15) is 9.59 Å². The molecule has 3 rings (SSSR count). The lowest BCUT2D eigenvalue weighted by Gasteiger charge is -2.17. The fraction of sp³-hybridized carbons (Fsp3) is 0.304. The first-order valence-corrected chi connectivity index (χ1v) is 9.45. The van der Waals surface area contributed by atoms with Gasteiger partial charge in [0.2, 0.25) is 0 Å². The minimum atomic E-state index is -0.433. The van der Waals surface area contributed by atoms with Gasteiger partial charge in [-0.3, -0.25) is 4.79 Å². The van der Waals surface area contributed by atoms with Crippen molar-refractivity contribution in [1.82, 2.24) is 4.40 Å². The zero-order valence-corrected chi connectivity index (χ0v) is 17.0. The molecule has 2 heterocycles. The Morgan fingerprint density at radius 3 is 2.50 bits per heavy atom. The number of carbonyl (C=O) groups is 2. The molecule has 0 bridgehead atoms. The van der Waals surface area contributed by atoms with Gasteiger partial charge in [-0.25, -0.2) is 4.79 Å². The van der Waals surface area contributed by atoms with Crippen molar-refractivity contribution >= 4 is 17.8 Å². The normalized spacial score (nSPS) is 10.9. The molecule has 0 N–H and O–H groups in total. The Kier molecular flexibility index (Phi) is 5.54. The molecule has 5 nitrogen and oxygen atoms in total. The summed E-state index contributed by atoms with van der Waals surface area (Å²) in [6.45, 7) is 10.5. The van der Waals surface area contributed by atoms with Gasteiger partial charge in [-0.2, -0.15) is 0 Å². The van der Waals surface area contributed by atoms with E-state index in [1.165, 1.54) is 0 Å². The maximum atomic E-state index is 12.9. The van der Waals surface area contributed by atoms with Crippen LogP contribution in [0.25, 0.3) is 16.6 Å². The third kappa shape index (κ3) is 3.07. The van der Waals surface area contributed by atoms with Gasteiger partial charge >= 0.3 is 5.97 Å². The van der Waals surface area contributed by atoms with Crippen LogP contribution >= 0.6 is 0 Å². The Bertz CT molecular complexity index is 1060. The number of aldehydes is 1. The summed E-state index contributed by atoms with van der Waals surface area (Å²) in [7, 11) is 0. The van der Waals surface area contributed by atoms with Gasteiger partial charge in [0, 0.05) is 11.8 Å². The van der Waals surface area contributed by atoms with E-state index in [4.69, 9.17) is 9.47 Å². The summed E-state index contributed by atoms with van der Waals surface area (Å²) < 4.78 is 12.9. The number of aromatic nitrogens is 1. The molecule has 28 heavy (non-hydrogen) atoms. The molecule has 1 aromatic carbocycles. The summed E-state index contributed by atoms with van der Waals surface area (Å²) >= 11 is 0. The highest BCUT2D eigenvalue weighted by atomic mass is 16.5. The summed E-state index contributed by atoms with van der Waals surface area (Å²) in [5.74, 6) is 0.413. The number of fused-ring (bicyclic) bond motifs is 1. The van der Waals surface area contributed by atoms with E-state index in [0.717, 1.165) is 34.3 Å². The number of hydrogen-bond donors (Lipinski definition) is 0. The number of aryl methyl sites for hydroxylation is 1. The fourth-order valence-corrected chi connectivity index (χ4v) is 3.72. The predicted molar refractivity (Wildman–Crippen MR) is 110 cm³/mol. The minimum absolute atomic E-state index is 0.263. The van der Waals surface area contributed by atoms with Crippen LogP contribution in [-0.2, 0) is 4.74 Å². The molecular formula is C23H25NO4. The number of nitrogens with zero attached hydrogens (tertiary/aromatic N) is 1. The summed E-state index contributed by atoms with van der Waals surface area (Å²) in [4.78, 5) is 24.9. The average molecular weight is 379 g/mol. The van der Waals surface area contributed by atoms with E-state index in [1.54, 1.807) is 17.5 Å². The zero-order valence-electron chi connectivity index (χ0n) is 17.0. The van der Waals surface area contributed by atoms with Gasteiger partial charge in [0.05, 0.1) is 30.0 Å². The first-order chi connectivity index (χ1) is 13.5. The van der Waals surface area contributed by atoms with E-state index in [2.05, 4.69) is 0 Å². The molecule has 146 valence electrons. The number of hydrogen-bond acceptors (Lipinski definition) is 4. The van der Waals surface area contributed by atoms with Gasteiger partial charge in [-0.05, 0) is 75.1 Å². The molecule has 2 aromatic heterocycles. The highest BCUT2D eigenvalue weighted by molar-refractivity contribution is 6.09. The fourth-order valence-electron chi connectivity index (χ4n) is 3.72. The first-order valence-electron chi connectivity index (χ1n) is 9.45. The van der Waals surface area contributed by atoms with E-state index < -0.39 is 5.97 Å². The Labute approximate surface area is 164 Å². The Morgan fingerprint density at radius 1 is 1.11 bits per heavy atom. The van der Waals surface area contributed by atoms with Crippen LogP contribution in [0.3, 0.4) is 0 Å². The average Bonchev–Trinajstić information content (AvgIpc) is 3.02. The molecule has 0 atom stereocenters. The maximum Gasteiger partial charge on any atom is 0.340 e. The van der Waals surface area contributed by atoms with Crippen LogP contribution in [0.5, 0.6) is 5.75 Å². The lowest BCUT2D eigenvalue weighted by atomic mass is 9.91. The smallest absolute Gasteiger partial charge is 0.340 e. The summed E-state index contributed by atoms with van der Waals surface area (Å²) in [6, 6.07) is 7.49. The van der Waals surface area contributed by atoms with E-state index >= 15 is 0 Å². The van der Waals surface area contributed by atoms with Crippen LogP contribution in [0.15, 0.2) is 30.5 Å². The molecule has 5 heteroatoms. The molecule has 0 amide bonds. The van der Waals surface area contributed by atoms with Gasteiger partial charge < -0.3 is 13.9 Å². The van der Waals surface area contributed by atoms with Crippen molar-refractivity contribution in [2.45, 2.75) is 34.6 Å². The van der Waals surface area contributed by atoms with E-state index in [-0.39, 0.29) is 6.61 Å². The van der Waals surface area contributed by atoms with Crippen LogP contribution in [-0.4, -0.2) is 29.9 Å². The van der Waals surface area contributed by atoms with Crippen molar-refractivity contribution in [3.8, 4) is 16.9 Å². The van der Waals surface area contributed by atoms with Crippen molar-refractivity contribution in [1.29, 1.82) is 0 Å². The van der Waals surface area contributed by atoms with Crippen LogP contribution < -0.4 is 4.74 Å². The van der Waals surface area contributed by atoms with Crippen LogP contribution in [0.1, 0.15) is 51.4 Å². The molecule has 3 aromatic rings. The molecular weight excluding hydrogens is 354 g/mol. The maximum absolute atomic E-state index is 12.9. The SMILES string of the molecule is CCOC(=O)c1c(-c2cc(C)c(OCC)c(C)c2C)c(C=O)n2ccccc12. The first kappa shape index (κ1) is 19.7. The topological polar surface area (TPSA) is 57.0 Å². The van der Waals surface area contributed by atoms with E-state index in [0.29, 0.717) is 28.9 Å². The molecule has 0 saturated heterocycles. The second-order valence-corrected chi connectivity index (χ2v) is 6.68. The van der Waals surface area contributed by atoms with Gasteiger partial charge in [-0.1, -0.05) is 6.07 Å². The zero-order chi connectivity index (χ0) is 20.4. The van der Waals surface area contributed by atoms with Crippen LogP contribution in [0.2, 0.25) is 0 Å². The highest BCUT2D eigenvalue weighted by Crippen LogP contribution is 2.39. The summed E-state index contributed by atoms with van der Waals surface area (Å²) in [6.07, 6.45) is 2.58. The van der Waals surface area contributed by atoms with Gasteiger partial charge in [0.25, 0.3) is 0 Å². The number of esters is 1. The number of carbonyl (C=O) groups excluding carboxylic acids is 2. The largest absolute Gasteiger partial charge is 0.493 e. The lowest BCUT2D eigenvalue weighted by Crippen LogP contribution is -2.07. The monoisotopic (exact) mass is 379 g/mol. The highest BCUT2D eigenvalue weighted by Gasteiger charge is 2.27. The number of ether oxygens (including phenoxy) is 2. The van der Waals surface area contributed by atoms with Crippen molar-refractivity contribution < 1.29 is 19.1 Å². The van der Waals surface area contributed by atoms with Crippen molar-refractivity contribution in [2.75, 3.05) is 13.2 Å². The van der Waals surface area contributed by atoms with E-state index in [1.807, 2.05) is 52.0 Å². The molecule has 0 unspecified atom stereocenters. The Morgan fingerprint density at radius 2 is 1.86 bits per heavy atom. The standard InChI is InChI=1S/C23H25NO4/c1-6-27-22-14(3)12-17(15(4)16(22)5)20-19(13-25)24-11-9-8-10-18(24)21(20)23(26)28-7-2/h8-13H,6-7H2,1-5H3. The lowest BCUT2D eigenvalue weighted by molar-refractivity contribution is 0.0529. The second kappa shape index (κ2) is 7.89. The Hall–Kier alpha value is -3.08. The van der Waals surface area contributed by atoms with Crippen LogP contribution in [0.4, 0.5) is 0 Å². The minimum Gasteiger partial charge on any atom is -0.493 e. The molecule has 0 aliphatic rings. The molecule has 0 saturated carbocycles. The molecule has 0 aliphatic heterocycles. The second-order valence-electron chi connectivity index (χ2n) is 6.68. The predicted octanol–water partition coefficient (Wildman–Crippen LogP) is 4.92. The third-order valence-corrected chi connectivity index (χ3v) is 5.06. The van der Waals surface area contributed by atoms with Crippen molar-refractivity contribution in [3.05, 3.63) is 58.4 Å².